The number of carboxylic acid groups (broad SMARTS) is 1. The number of benzene rings is 1. The Morgan fingerprint density at radius 1 is 1.41 bits per heavy atom. The molecule has 0 bridgehead atoms. The van der Waals surface area contributed by atoms with E-state index in [9.17, 15) is 9.59 Å². The number of hydrogen-bond donors (Lipinski definition) is 2. The van der Waals surface area contributed by atoms with E-state index >= 15 is 0 Å². The Bertz CT molecular complexity index is 426. The average molecular weight is 236 g/mol. The molecule has 0 heterocycles. The third kappa shape index (κ3) is 5.31. The van der Waals surface area contributed by atoms with Gasteiger partial charge < -0.3 is 9.84 Å². The van der Waals surface area contributed by atoms with Gasteiger partial charge in [-0.25, -0.2) is 10.2 Å². The fraction of sp³-hybridized carbons (Fsp3) is 0.182. The van der Waals surface area contributed by atoms with Gasteiger partial charge in [0.15, 0.2) is 6.61 Å². The van der Waals surface area contributed by atoms with Crippen molar-refractivity contribution in [2.75, 3.05) is 6.61 Å². The van der Waals surface area contributed by atoms with E-state index in [1.54, 1.807) is 24.3 Å². The first-order valence-corrected chi connectivity index (χ1v) is 4.82. The second-order valence-electron chi connectivity index (χ2n) is 3.18. The zero-order valence-electron chi connectivity index (χ0n) is 9.21. The first-order chi connectivity index (χ1) is 8.08. The van der Waals surface area contributed by atoms with Gasteiger partial charge >= 0.3 is 5.97 Å². The quantitative estimate of drug-likeness (QED) is 0.579. The molecule has 2 N–H and O–H groups in total. The Labute approximate surface area is 97.9 Å². The van der Waals surface area contributed by atoms with E-state index in [0.29, 0.717) is 5.75 Å². The van der Waals surface area contributed by atoms with Crippen LogP contribution in [0.2, 0.25) is 0 Å². The topological polar surface area (TPSA) is 88.0 Å². The highest BCUT2D eigenvalue weighted by Gasteiger charge is 1.98. The van der Waals surface area contributed by atoms with Gasteiger partial charge in [-0.3, -0.25) is 4.79 Å². The van der Waals surface area contributed by atoms with Crippen LogP contribution in [0, 0.1) is 0 Å². The Morgan fingerprint density at radius 3 is 2.59 bits per heavy atom. The van der Waals surface area contributed by atoms with Crippen LogP contribution < -0.4 is 10.2 Å². The van der Waals surface area contributed by atoms with Crippen LogP contribution in [-0.2, 0) is 9.59 Å². The molecule has 1 rings (SSSR count). The number of carboxylic acids is 1. The molecule has 0 aliphatic heterocycles. The highest BCUT2D eigenvalue weighted by molar-refractivity contribution is 5.81. The zero-order valence-corrected chi connectivity index (χ0v) is 9.21. The van der Waals surface area contributed by atoms with Gasteiger partial charge in [0.05, 0.1) is 6.21 Å². The number of carbonyl (C=O) groups excluding carboxylic acids is 1. The molecule has 0 saturated heterocycles. The van der Waals surface area contributed by atoms with Gasteiger partial charge in [0.1, 0.15) is 5.75 Å². The molecule has 0 aromatic heterocycles. The normalized spacial score (nSPS) is 10.2. The number of amides is 1. The Morgan fingerprint density at radius 2 is 2.06 bits per heavy atom. The number of hydrogen-bond acceptors (Lipinski definition) is 4. The number of carbonyl (C=O) groups is 2. The van der Waals surface area contributed by atoms with Gasteiger partial charge in [-0.15, -0.1) is 0 Å². The molecule has 0 fully saturated rings. The second kappa shape index (κ2) is 6.26. The predicted octanol–water partition coefficient (Wildman–Crippen LogP) is 0.620. The highest BCUT2D eigenvalue weighted by atomic mass is 16.5. The fourth-order valence-electron chi connectivity index (χ4n) is 0.993. The van der Waals surface area contributed by atoms with Crippen molar-refractivity contribution in [1.82, 2.24) is 5.43 Å². The third-order valence-corrected chi connectivity index (χ3v) is 1.68. The summed E-state index contributed by atoms with van der Waals surface area (Å²) in [5.74, 6) is -0.812. The summed E-state index contributed by atoms with van der Waals surface area (Å²) in [6, 6.07) is 6.64. The number of aliphatic carboxylic acids is 1. The number of nitrogens with zero attached hydrogens (tertiary/aromatic N) is 1. The van der Waals surface area contributed by atoms with Gasteiger partial charge in [0, 0.05) is 6.92 Å². The molecule has 0 radical (unpaired) electrons. The van der Waals surface area contributed by atoms with E-state index in [0.717, 1.165) is 5.56 Å². The van der Waals surface area contributed by atoms with E-state index in [2.05, 4.69) is 10.5 Å². The lowest BCUT2D eigenvalue weighted by atomic mass is 10.2. The van der Waals surface area contributed by atoms with Crippen molar-refractivity contribution in [3.8, 4) is 5.75 Å². The minimum atomic E-state index is -1.03. The van der Waals surface area contributed by atoms with E-state index in [-0.39, 0.29) is 12.5 Å². The lowest BCUT2D eigenvalue weighted by Crippen LogP contribution is -2.12. The van der Waals surface area contributed by atoms with Crippen LogP contribution in [0.3, 0.4) is 0 Å². The van der Waals surface area contributed by atoms with Crippen molar-refractivity contribution in [3.63, 3.8) is 0 Å². The third-order valence-electron chi connectivity index (χ3n) is 1.68. The molecule has 6 heteroatoms. The van der Waals surface area contributed by atoms with Gasteiger partial charge in [0.25, 0.3) is 0 Å². The molecule has 0 unspecified atom stereocenters. The molecule has 6 nitrogen and oxygen atoms in total. The summed E-state index contributed by atoms with van der Waals surface area (Å²) in [6.07, 6.45) is 1.47. The van der Waals surface area contributed by atoms with Crippen molar-refractivity contribution >= 4 is 18.1 Å². The van der Waals surface area contributed by atoms with Crippen molar-refractivity contribution in [1.29, 1.82) is 0 Å². The zero-order chi connectivity index (χ0) is 12.7. The SMILES string of the molecule is CC(=O)N/N=C/c1ccc(OCC(=O)O)cc1. The van der Waals surface area contributed by atoms with Crippen molar-refractivity contribution in [2.45, 2.75) is 6.92 Å². The maximum atomic E-state index is 10.5. The predicted molar refractivity (Wildman–Crippen MR) is 61.0 cm³/mol. The molecule has 1 aromatic carbocycles. The maximum Gasteiger partial charge on any atom is 0.341 e. The van der Waals surface area contributed by atoms with Gasteiger partial charge in [-0.2, -0.15) is 5.10 Å². The maximum absolute atomic E-state index is 10.5. The first kappa shape index (κ1) is 12.7. The molecule has 1 amide bonds. The molecule has 17 heavy (non-hydrogen) atoms. The molecular weight excluding hydrogens is 224 g/mol. The summed E-state index contributed by atoms with van der Waals surface area (Å²) in [5, 5.41) is 12.1. The number of rotatable bonds is 5. The minimum absolute atomic E-state index is 0.248. The average Bonchev–Trinajstić information content (AvgIpc) is 2.27. The van der Waals surface area contributed by atoms with Gasteiger partial charge in [-0.1, -0.05) is 0 Å². The van der Waals surface area contributed by atoms with Crippen LogP contribution in [0.1, 0.15) is 12.5 Å². The summed E-state index contributed by atoms with van der Waals surface area (Å²) < 4.78 is 4.95. The second-order valence-corrected chi connectivity index (χ2v) is 3.18. The molecular formula is C11H12N2O4. The van der Waals surface area contributed by atoms with E-state index in [1.165, 1.54) is 13.1 Å². The largest absolute Gasteiger partial charge is 0.482 e. The van der Waals surface area contributed by atoms with Crippen LogP contribution in [0.15, 0.2) is 29.4 Å². The van der Waals surface area contributed by atoms with Gasteiger partial charge in [0.2, 0.25) is 5.91 Å². The summed E-state index contributed by atoms with van der Waals surface area (Å²) in [7, 11) is 0. The molecule has 90 valence electrons. The van der Waals surface area contributed by atoms with Crippen molar-refractivity contribution in [3.05, 3.63) is 29.8 Å². The van der Waals surface area contributed by atoms with E-state index < -0.39 is 5.97 Å². The van der Waals surface area contributed by atoms with Crippen molar-refractivity contribution < 1.29 is 19.4 Å². The van der Waals surface area contributed by atoms with Gasteiger partial charge in [-0.05, 0) is 29.8 Å². The van der Waals surface area contributed by atoms with E-state index in [4.69, 9.17) is 9.84 Å². The number of ether oxygens (including phenoxy) is 1. The van der Waals surface area contributed by atoms with Crippen LogP contribution in [0.5, 0.6) is 5.75 Å². The lowest BCUT2D eigenvalue weighted by molar-refractivity contribution is -0.139. The molecule has 0 aliphatic rings. The molecule has 0 aliphatic carbocycles. The lowest BCUT2D eigenvalue weighted by Gasteiger charge is -2.02. The standard InChI is InChI=1S/C11H12N2O4/c1-8(14)13-12-6-9-2-4-10(5-3-9)17-7-11(15)16/h2-6H,7H2,1H3,(H,13,14)(H,15,16)/b12-6+. The summed E-state index contributed by atoms with van der Waals surface area (Å²) in [6.45, 7) is 0.986. The molecule has 1 aromatic rings. The Hall–Kier alpha value is -2.37. The summed E-state index contributed by atoms with van der Waals surface area (Å²) >= 11 is 0. The van der Waals surface area contributed by atoms with Crippen LogP contribution in [0.25, 0.3) is 0 Å². The first-order valence-electron chi connectivity index (χ1n) is 4.82. The minimum Gasteiger partial charge on any atom is -0.482 e. The highest BCUT2D eigenvalue weighted by Crippen LogP contribution is 2.10. The Kier molecular flexibility index (Phi) is 4.68. The van der Waals surface area contributed by atoms with Crippen LogP contribution in [-0.4, -0.2) is 29.8 Å². The van der Waals surface area contributed by atoms with Crippen LogP contribution in [0.4, 0.5) is 0 Å². The van der Waals surface area contributed by atoms with Crippen molar-refractivity contribution in [2.24, 2.45) is 5.10 Å². The molecule has 0 spiro atoms. The van der Waals surface area contributed by atoms with E-state index in [1.807, 2.05) is 0 Å². The molecule has 0 atom stereocenters. The Balaban J connectivity index is 2.52. The number of nitrogens with one attached hydrogen (secondary N) is 1. The van der Waals surface area contributed by atoms with Crippen LogP contribution >= 0.6 is 0 Å². The molecule has 0 saturated carbocycles. The number of hydrazone groups is 1. The summed E-state index contributed by atoms with van der Waals surface area (Å²) in [5.41, 5.74) is 3.04. The summed E-state index contributed by atoms with van der Waals surface area (Å²) in [4.78, 5) is 20.8. The smallest absolute Gasteiger partial charge is 0.341 e. The fourth-order valence-corrected chi connectivity index (χ4v) is 0.993. The monoisotopic (exact) mass is 236 g/mol.